The Hall–Kier alpha value is -13.6. The van der Waals surface area contributed by atoms with Crippen LogP contribution in [0.4, 0.5) is 9.59 Å². The largest absolute Gasteiger partial charge is 0.487 e. The summed E-state index contributed by atoms with van der Waals surface area (Å²) in [6.07, 6.45) is 1.65. The highest BCUT2D eigenvalue weighted by atomic mass is 16.6. The second-order valence-electron chi connectivity index (χ2n) is 36.4. The average molecular weight is 1760 g/mol. The number of nitrogens with zero attached hydrogens (tertiary/aromatic N) is 10. The molecule has 9 aromatic rings. The fraction of sp³-hybridized carbons (Fsp3) is 0.467. The van der Waals surface area contributed by atoms with E-state index in [0.29, 0.717) is 45.9 Å². The monoisotopic (exact) mass is 1760 g/mol. The predicted octanol–water partition coefficient (Wildman–Crippen LogP) is 8.55. The fourth-order valence-corrected chi connectivity index (χ4v) is 14.6. The van der Waals surface area contributed by atoms with Gasteiger partial charge >= 0.3 is 23.9 Å². The van der Waals surface area contributed by atoms with E-state index in [9.17, 15) is 48.3 Å². The normalized spacial score (nSPS) is 15.7. The summed E-state index contributed by atoms with van der Waals surface area (Å²) in [4.78, 5) is 177. The number of H-pyrrole nitrogens is 2. The molecule has 10 amide bonds. The number of ether oxygens (including phenoxy) is 4. The van der Waals surface area contributed by atoms with Gasteiger partial charge in [-0.25, -0.2) is 29.0 Å². The number of rotatable bonds is 36. The van der Waals surface area contributed by atoms with Gasteiger partial charge in [0, 0.05) is 59.1 Å². The van der Waals surface area contributed by atoms with Gasteiger partial charge in [-0.3, -0.25) is 53.3 Å². The van der Waals surface area contributed by atoms with Crippen LogP contribution in [0.2, 0.25) is 0 Å². The van der Waals surface area contributed by atoms with Gasteiger partial charge in [-0.2, -0.15) is 0 Å². The molecule has 36 heteroatoms. The number of fused-ring (bicyclic) bond motifs is 2. The van der Waals surface area contributed by atoms with E-state index in [0.717, 1.165) is 31.3 Å². The standard InChI is InChI=1S/C92H118N18O18/c1-19-41-108(83(117)74(89(5,6)7)98-76(111)53(2)106(17)87(122)127-91(11,12)13)55(4)78(113)94-68(47-58-28-34-60-24-20-22-26-62(60)43-58)80(115)97-71(85(119)120)46-57-32-38-67(39-33-57)125-52-65-50-110(105-101-65)72-40-42-109(84(118)75(90(8,9)10)99-77(112)54(3)107(18)88(123)128-92(14,15)16)73(72)81(116)95-69(48-59-29-35-61-25-21-23-27-63(61)44-59)79(114)96-70(82-102-103-86(121)126-82)45-56-30-36-66(37-31-56)124-51-64-49-93-104-100-64/h20-39,43-44,49-50,53-55,68-75H,19,40-42,45-48,51-52H2,1-18H3,(H,94,113)(H,95,116)(H,96,114)(H,97,115)(H,98,111)(H,99,112)(H,103,121)(H,119,120)(H,93,100,104)/t53-,54-,55-,68-,69-,70-,71-,72+,73-,74+,75+/m0/s1. The number of likely N-dealkylation sites (tertiary alicyclic amines) is 1. The highest BCUT2D eigenvalue weighted by Gasteiger charge is 2.50. The molecular formula is C92H118N18O18. The molecule has 0 bridgehead atoms. The molecule has 6 aromatic carbocycles. The van der Waals surface area contributed by atoms with Crippen LogP contribution in [0.15, 0.2) is 155 Å². The number of hydrogen-bond acceptors (Lipinski definition) is 22. The Bertz CT molecular complexity index is 5470. The maximum atomic E-state index is 15.9. The Kier molecular flexibility index (Phi) is 31.5. The quantitative estimate of drug-likeness (QED) is 0.0177. The Balaban J connectivity index is 0.883. The first-order valence-electron chi connectivity index (χ1n) is 42.6. The molecule has 9 N–H and O–H groups in total. The van der Waals surface area contributed by atoms with Crippen molar-refractivity contribution in [2.75, 3.05) is 27.2 Å². The van der Waals surface area contributed by atoms with E-state index in [4.69, 9.17) is 23.4 Å². The first-order chi connectivity index (χ1) is 60.3. The van der Waals surface area contributed by atoms with Gasteiger partial charge in [0.1, 0.15) is 108 Å². The summed E-state index contributed by atoms with van der Waals surface area (Å²) in [6, 6.07) is 25.6. The zero-order chi connectivity index (χ0) is 93.4. The molecule has 4 heterocycles. The average Bonchev–Trinajstić information content (AvgIpc) is 1.62. The highest BCUT2D eigenvalue weighted by molar-refractivity contribution is 5.98. The first kappa shape index (κ1) is 96.6. The van der Waals surface area contributed by atoms with Crippen LogP contribution in [0, 0.1) is 10.8 Å². The molecule has 0 unspecified atom stereocenters. The zero-order valence-corrected chi connectivity index (χ0v) is 75.6. The van der Waals surface area contributed by atoms with Crippen molar-refractivity contribution < 1.29 is 81.2 Å². The van der Waals surface area contributed by atoms with Crippen molar-refractivity contribution in [3.05, 3.63) is 196 Å². The lowest BCUT2D eigenvalue weighted by atomic mass is 9.85. The number of hydrogen-bond donors (Lipinski definition) is 9. The van der Waals surface area contributed by atoms with Crippen LogP contribution >= 0.6 is 0 Å². The number of amides is 10. The first-order valence-corrected chi connectivity index (χ1v) is 42.6. The molecule has 1 fully saturated rings. The van der Waals surface area contributed by atoms with Crippen LogP contribution in [0.1, 0.15) is 175 Å². The van der Waals surface area contributed by atoms with E-state index < -0.39 is 160 Å². The van der Waals surface area contributed by atoms with Crippen molar-refractivity contribution in [3.63, 3.8) is 0 Å². The number of carbonyl (C=O) groups is 11. The number of aromatic nitrogens is 8. The Labute approximate surface area is 742 Å². The van der Waals surface area contributed by atoms with Crippen molar-refractivity contribution in [2.24, 2.45) is 10.8 Å². The van der Waals surface area contributed by atoms with Gasteiger partial charge < -0.3 is 70.2 Å². The lowest BCUT2D eigenvalue weighted by Crippen LogP contribution is -2.62. The summed E-state index contributed by atoms with van der Waals surface area (Å²) in [5.74, 6) is -7.41. The summed E-state index contributed by atoms with van der Waals surface area (Å²) in [5, 5.41) is 57.1. The third kappa shape index (κ3) is 26.1. The zero-order valence-electron chi connectivity index (χ0n) is 75.6. The van der Waals surface area contributed by atoms with Crippen molar-refractivity contribution in [1.82, 2.24) is 92.1 Å². The van der Waals surface area contributed by atoms with E-state index in [1.54, 1.807) is 150 Å². The van der Waals surface area contributed by atoms with Crippen molar-refractivity contribution >= 4 is 87.0 Å². The summed E-state index contributed by atoms with van der Waals surface area (Å²) in [5.41, 5.74) is -0.520. The number of likely N-dealkylation sites (N-methyl/N-ethyl adjacent to an activating group) is 2. The lowest BCUT2D eigenvalue weighted by Gasteiger charge is -2.38. The van der Waals surface area contributed by atoms with Crippen LogP contribution in [-0.2, 0) is 91.5 Å². The molecule has 0 saturated carbocycles. The molecule has 0 spiro atoms. The summed E-state index contributed by atoms with van der Waals surface area (Å²) in [6.45, 7) is 26.8. The van der Waals surface area contributed by atoms with Gasteiger partial charge in [0.2, 0.25) is 53.1 Å². The second-order valence-corrected chi connectivity index (χ2v) is 36.4. The Morgan fingerprint density at radius 3 is 1.50 bits per heavy atom. The molecule has 1 aliphatic rings. The van der Waals surface area contributed by atoms with E-state index in [-0.39, 0.29) is 70.0 Å². The van der Waals surface area contributed by atoms with Crippen LogP contribution in [0.3, 0.4) is 0 Å². The molecule has 11 atom stereocenters. The number of carboxylic acid groups (broad SMARTS) is 1. The lowest BCUT2D eigenvalue weighted by molar-refractivity contribution is -0.146. The van der Waals surface area contributed by atoms with Crippen LogP contribution < -0.4 is 47.1 Å². The number of aliphatic carboxylic acids is 1. The topological polar surface area (TPSA) is 461 Å². The highest BCUT2D eigenvalue weighted by Crippen LogP contribution is 2.34. The van der Waals surface area contributed by atoms with Gasteiger partial charge in [-0.1, -0.05) is 168 Å². The third-order valence-corrected chi connectivity index (χ3v) is 21.9. The van der Waals surface area contributed by atoms with Crippen molar-refractivity contribution in [2.45, 2.75) is 240 Å². The molecule has 1 saturated heterocycles. The van der Waals surface area contributed by atoms with E-state index in [1.807, 2.05) is 85.8 Å². The molecular weight excluding hydrogens is 1650 g/mol. The van der Waals surface area contributed by atoms with Crippen LogP contribution in [-0.4, -0.2) is 223 Å². The summed E-state index contributed by atoms with van der Waals surface area (Å²) >= 11 is 0. The minimum atomic E-state index is -1.55. The second kappa shape index (κ2) is 41.7. The van der Waals surface area contributed by atoms with Gasteiger partial charge in [-0.15, -0.1) is 15.3 Å². The van der Waals surface area contributed by atoms with Crippen LogP contribution in [0.5, 0.6) is 11.5 Å². The molecule has 3 aromatic heterocycles. The van der Waals surface area contributed by atoms with E-state index >= 15 is 14.4 Å². The number of carbonyl (C=O) groups excluding carboxylic acids is 10. The van der Waals surface area contributed by atoms with Gasteiger partial charge in [-0.05, 0) is 154 Å². The predicted molar refractivity (Wildman–Crippen MR) is 472 cm³/mol. The Morgan fingerprint density at radius 1 is 0.547 bits per heavy atom. The van der Waals surface area contributed by atoms with Gasteiger partial charge in [0.25, 0.3) is 0 Å². The van der Waals surface area contributed by atoms with Crippen molar-refractivity contribution in [3.8, 4) is 11.5 Å². The van der Waals surface area contributed by atoms with E-state index in [1.165, 1.54) is 49.3 Å². The number of aromatic amines is 2. The smallest absolute Gasteiger partial charge is 0.434 e. The minimum Gasteiger partial charge on any atom is -0.487 e. The maximum absolute atomic E-state index is 15.9. The van der Waals surface area contributed by atoms with Crippen molar-refractivity contribution in [1.29, 1.82) is 0 Å². The third-order valence-electron chi connectivity index (χ3n) is 21.9. The fourth-order valence-electron chi connectivity index (χ4n) is 14.6. The van der Waals surface area contributed by atoms with Crippen LogP contribution in [0.25, 0.3) is 21.5 Å². The van der Waals surface area contributed by atoms with Gasteiger partial charge in [0.05, 0.1) is 12.2 Å². The Morgan fingerprint density at radius 2 is 1.02 bits per heavy atom. The maximum Gasteiger partial charge on any atom is 0.434 e. The molecule has 1 aliphatic heterocycles. The molecule has 36 nitrogen and oxygen atoms in total. The molecule has 684 valence electrons. The SMILES string of the molecule is CCCN(C(=O)[C@@H](NC(=O)[C@H](C)N(C)C(=O)OC(C)(C)C)C(C)(C)C)[C@@H](C)C(=O)N[C@@H](Cc1ccc2ccccc2c1)C(=O)N[C@@H](Cc1ccc(OCc2cn([C@@H]3CCN(C(=O)[C@@H](NC(=O)[C@H](C)N(C)C(=O)OC(C)(C)C)C(C)(C)C)[C@@H]3C(=O)N[C@@H](Cc3ccc4ccccc4c3)C(=O)N[C@@H](Cc3ccc(OCc4c[nH]nn4)cc3)c3n[nH]c(=O)o3)nn2)cc1)C(=O)O. The molecule has 0 radical (unpaired) electrons. The molecule has 0 aliphatic carbocycles. The summed E-state index contributed by atoms with van der Waals surface area (Å²) < 4.78 is 30.1. The molecule has 10 rings (SSSR count). The van der Waals surface area contributed by atoms with Gasteiger partial charge in [0.15, 0.2) is 0 Å². The summed E-state index contributed by atoms with van der Waals surface area (Å²) in [7, 11) is 2.81. The number of benzene rings is 6. The number of carboxylic acids is 1. The van der Waals surface area contributed by atoms with E-state index in [2.05, 4.69) is 67.8 Å². The minimum absolute atomic E-state index is 0.0264. The number of nitrogens with one attached hydrogen (secondary N) is 8. The molecule has 128 heavy (non-hydrogen) atoms.